The average Bonchev–Trinajstić information content (AvgIpc) is 2.90. The van der Waals surface area contributed by atoms with Crippen LogP contribution in [0, 0.1) is 0 Å². The van der Waals surface area contributed by atoms with Crippen molar-refractivity contribution in [1.82, 2.24) is 4.90 Å². The molecule has 0 unspecified atom stereocenters. The molecule has 0 N–H and O–H groups in total. The van der Waals surface area contributed by atoms with Crippen molar-refractivity contribution in [2.24, 2.45) is 0 Å². The molecule has 0 atom stereocenters. The Kier molecular flexibility index (Phi) is 4.38. The first-order valence-corrected chi connectivity index (χ1v) is 9.48. The van der Waals surface area contributed by atoms with Crippen LogP contribution in [0.2, 0.25) is 0 Å². The van der Waals surface area contributed by atoms with Gasteiger partial charge in [0, 0.05) is 37.6 Å². The standard InChI is InChI=1S/C22H25N3O2/c1-22(2)18-10-6-7-11-19(18)25(21(22)27)16-20(26)24-14-12-23(13-15-24)17-8-4-3-5-9-17/h3-11H,12-16H2,1-2H3. The van der Waals surface area contributed by atoms with Gasteiger partial charge < -0.3 is 14.7 Å². The minimum Gasteiger partial charge on any atom is -0.368 e. The van der Waals surface area contributed by atoms with Gasteiger partial charge in [0.25, 0.3) is 0 Å². The molecule has 2 amide bonds. The molecule has 2 aliphatic rings. The highest BCUT2D eigenvalue weighted by Gasteiger charge is 2.44. The maximum atomic E-state index is 12.9. The number of carbonyl (C=O) groups is 2. The van der Waals surface area contributed by atoms with Crippen LogP contribution in [0.1, 0.15) is 19.4 Å². The first-order chi connectivity index (χ1) is 13.0. The molecule has 5 nitrogen and oxygen atoms in total. The number of fused-ring (bicyclic) bond motifs is 1. The van der Waals surface area contributed by atoms with Crippen LogP contribution in [0.15, 0.2) is 54.6 Å². The molecule has 1 saturated heterocycles. The molecule has 0 aromatic heterocycles. The zero-order chi connectivity index (χ0) is 19.0. The quantitative estimate of drug-likeness (QED) is 0.842. The van der Waals surface area contributed by atoms with Gasteiger partial charge in [0.2, 0.25) is 11.8 Å². The lowest BCUT2D eigenvalue weighted by atomic mass is 9.86. The fraction of sp³-hybridized carbons (Fsp3) is 0.364. The summed E-state index contributed by atoms with van der Waals surface area (Å²) < 4.78 is 0. The van der Waals surface area contributed by atoms with Crippen molar-refractivity contribution < 1.29 is 9.59 Å². The summed E-state index contributed by atoms with van der Waals surface area (Å²) in [5.74, 6) is 0.0172. The van der Waals surface area contributed by atoms with Crippen molar-refractivity contribution in [3.8, 4) is 0 Å². The Labute approximate surface area is 160 Å². The number of rotatable bonds is 3. The SMILES string of the molecule is CC1(C)C(=O)N(CC(=O)N2CCN(c3ccccc3)CC2)c2ccccc21. The van der Waals surface area contributed by atoms with E-state index in [0.29, 0.717) is 13.1 Å². The summed E-state index contributed by atoms with van der Waals surface area (Å²) in [5, 5.41) is 0. The Balaban J connectivity index is 1.43. The number of nitrogens with zero attached hydrogens (tertiary/aromatic N) is 3. The van der Waals surface area contributed by atoms with E-state index >= 15 is 0 Å². The van der Waals surface area contributed by atoms with E-state index in [9.17, 15) is 9.59 Å². The predicted octanol–water partition coefficient (Wildman–Crippen LogP) is 2.66. The van der Waals surface area contributed by atoms with Crippen LogP contribution < -0.4 is 9.80 Å². The smallest absolute Gasteiger partial charge is 0.242 e. The van der Waals surface area contributed by atoms with Gasteiger partial charge in [-0.05, 0) is 37.6 Å². The largest absolute Gasteiger partial charge is 0.368 e. The maximum absolute atomic E-state index is 12.9. The Bertz CT molecular complexity index is 855. The van der Waals surface area contributed by atoms with E-state index in [-0.39, 0.29) is 18.4 Å². The Hall–Kier alpha value is -2.82. The molecule has 0 aliphatic carbocycles. The molecular formula is C22H25N3O2. The van der Waals surface area contributed by atoms with Crippen LogP contribution in [-0.4, -0.2) is 49.4 Å². The number of benzene rings is 2. The fourth-order valence-electron chi connectivity index (χ4n) is 4.04. The second-order valence-corrected chi connectivity index (χ2v) is 7.74. The van der Waals surface area contributed by atoms with E-state index in [1.807, 2.05) is 61.2 Å². The van der Waals surface area contributed by atoms with Crippen LogP contribution in [-0.2, 0) is 15.0 Å². The first kappa shape index (κ1) is 17.6. The van der Waals surface area contributed by atoms with Gasteiger partial charge in [-0.15, -0.1) is 0 Å². The number of amides is 2. The number of hydrogen-bond donors (Lipinski definition) is 0. The van der Waals surface area contributed by atoms with Crippen molar-refractivity contribution in [1.29, 1.82) is 0 Å². The van der Waals surface area contributed by atoms with Gasteiger partial charge >= 0.3 is 0 Å². The summed E-state index contributed by atoms with van der Waals surface area (Å²) in [6.45, 7) is 6.96. The third-order valence-corrected chi connectivity index (χ3v) is 5.70. The monoisotopic (exact) mass is 363 g/mol. The summed E-state index contributed by atoms with van der Waals surface area (Å²) in [5.41, 5.74) is 2.47. The minimum atomic E-state index is -0.580. The molecule has 0 radical (unpaired) electrons. The molecule has 2 aliphatic heterocycles. The van der Waals surface area contributed by atoms with Gasteiger partial charge in [0.15, 0.2) is 0 Å². The summed E-state index contributed by atoms with van der Waals surface area (Å²) >= 11 is 0. The van der Waals surface area contributed by atoms with Crippen LogP contribution in [0.25, 0.3) is 0 Å². The first-order valence-electron chi connectivity index (χ1n) is 9.48. The van der Waals surface area contributed by atoms with Gasteiger partial charge in [-0.2, -0.15) is 0 Å². The summed E-state index contributed by atoms with van der Waals surface area (Å²) in [6.07, 6.45) is 0. The number of anilines is 2. The molecule has 0 bridgehead atoms. The maximum Gasteiger partial charge on any atom is 0.242 e. The minimum absolute atomic E-state index is 0.0000264. The molecule has 140 valence electrons. The molecular weight excluding hydrogens is 338 g/mol. The van der Waals surface area contributed by atoms with Crippen molar-refractivity contribution in [3.63, 3.8) is 0 Å². The van der Waals surface area contributed by atoms with Crippen LogP contribution in [0.3, 0.4) is 0 Å². The number of piperazine rings is 1. The zero-order valence-corrected chi connectivity index (χ0v) is 15.9. The third kappa shape index (κ3) is 3.07. The molecule has 1 fully saturated rings. The van der Waals surface area contributed by atoms with E-state index in [0.717, 1.165) is 24.3 Å². The molecule has 4 rings (SSSR count). The topological polar surface area (TPSA) is 43.9 Å². The highest BCUT2D eigenvalue weighted by molar-refractivity contribution is 6.10. The van der Waals surface area contributed by atoms with E-state index < -0.39 is 5.41 Å². The normalized spacial score (nSPS) is 18.6. The van der Waals surface area contributed by atoms with Crippen LogP contribution in [0.4, 0.5) is 11.4 Å². The predicted molar refractivity (Wildman–Crippen MR) is 107 cm³/mol. The highest BCUT2D eigenvalue weighted by Crippen LogP contribution is 2.41. The second kappa shape index (κ2) is 6.72. The molecule has 2 aromatic carbocycles. The average molecular weight is 363 g/mol. The van der Waals surface area contributed by atoms with Crippen molar-refractivity contribution >= 4 is 23.2 Å². The van der Waals surface area contributed by atoms with E-state index in [1.54, 1.807) is 4.90 Å². The molecule has 27 heavy (non-hydrogen) atoms. The fourth-order valence-corrected chi connectivity index (χ4v) is 4.04. The van der Waals surface area contributed by atoms with Gasteiger partial charge in [0.05, 0.1) is 5.41 Å². The van der Waals surface area contributed by atoms with Crippen molar-refractivity contribution in [3.05, 3.63) is 60.2 Å². The van der Waals surface area contributed by atoms with Crippen molar-refractivity contribution in [2.75, 3.05) is 42.5 Å². The Morgan fingerprint density at radius 1 is 0.926 bits per heavy atom. The van der Waals surface area contributed by atoms with Gasteiger partial charge in [0.1, 0.15) is 6.54 Å². The van der Waals surface area contributed by atoms with E-state index in [1.165, 1.54) is 5.69 Å². The highest BCUT2D eigenvalue weighted by atomic mass is 16.2. The molecule has 2 heterocycles. The second-order valence-electron chi connectivity index (χ2n) is 7.74. The molecule has 5 heteroatoms. The lowest BCUT2D eigenvalue weighted by molar-refractivity contribution is -0.132. The Morgan fingerprint density at radius 3 is 2.26 bits per heavy atom. The van der Waals surface area contributed by atoms with Crippen LogP contribution in [0.5, 0.6) is 0 Å². The number of para-hydroxylation sites is 2. The van der Waals surface area contributed by atoms with E-state index in [2.05, 4.69) is 17.0 Å². The lowest BCUT2D eigenvalue weighted by Crippen LogP contribution is -2.52. The molecule has 2 aromatic rings. The van der Waals surface area contributed by atoms with Crippen molar-refractivity contribution in [2.45, 2.75) is 19.3 Å². The molecule has 0 saturated carbocycles. The zero-order valence-electron chi connectivity index (χ0n) is 15.9. The summed E-state index contributed by atoms with van der Waals surface area (Å²) in [6, 6.07) is 18.1. The van der Waals surface area contributed by atoms with Gasteiger partial charge in [-0.1, -0.05) is 36.4 Å². The number of carbonyl (C=O) groups excluding carboxylic acids is 2. The summed E-state index contributed by atoms with van der Waals surface area (Å²) in [7, 11) is 0. The van der Waals surface area contributed by atoms with Gasteiger partial charge in [-0.25, -0.2) is 0 Å². The van der Waals surface area contributed by atoms with Crippen LogP contribution >= 0.6 is 0 Å². The molecule has 0 spiro atoms. The third-order valence-electron chi connectivity index (χ3n) is 5.70. The summed E-state index contributed by atoms with van der Waals surface area (Å²) in [4.78, 5) is 31.6. The van der Waals surface area contributed by atoms with Gasteiger partial charge in [-0.3, -0.25) is 9.59 Å². The number of hydrogen-bond acceptors (Lipinski definition) is 3. The van der Waals surface area contributed by atoms with E-state index in [4.69, 9.17) is 0 Å². The Morgan fingerprint density at radius 2 is 1.56 bits per heavy atom. The lowest BCUT2D eigenvalue weighted by Gasteiger charge is -2.36.